The summed E-state index contributed by atoms with van der Waals surface area (Å²) in [6.07, 6.45) is 9.16. The van der Waals surface area contributed by atoms with Gasteiger partial charge in [0, 0.05) is 38.3 Å². The molecule has 26 heavy (non-hydrogen) atoms. The molecule has 0 radical (unpaired) electrons. The molecule has 2 nitrogen and oxygen atoms in total. The fourth-order valence-electron chi connectivity index (χ4n) is 4.44. The standard InChI is InChI=1S/C24H32N2/c1-4-6-17-26-19-18-25(3)24(26,20-21-13-9-7-10-14-21)23(5-2)22-15-11-8-12-16-22/h7-16,18-19,23H,4-6,17,20H2,1-3H3. The zero-order chi connectivity index (χ0) is 18.4. The predicted octanol–water partition coefficient (Wildman–Crippen LogP) is 5.64. The first kappa shape index (κ1) is 18.6. The van der Waals surface area contributed by atoms with E-state index in [4.69, 9.17) is 0 Å². The van der Waals surface area contributed by atoms with Gasteiger partial charge in [0.1, 0.15) is 5.66 Å². The van der Waals surface area contributed by atoms with Crippen molar-refractivity contribution in [2.24, 2.45) is 0 Å². The van der Waals surface area contributed by atoms with Gasteiger partial charge in [-0.25, -0.2) is 0 Å². The third-order valence-electron chi connectivity index (χ3n) is 5.81. The number of likely N-dealkylation sites (N-methyl/N-ethyl adjacent to an activating group) is 1. The zero-order valence-corrected chi connectivity index (χ0v) is 16.4. The Labute approximate surface area is 159 Å². The normalized spacial score (nSPS) is 20.6. The van der Waals surface area contributed by atoms with E-state index in [0.29, 0.717) is 5.92 Å². The highest BCUT2D eigenvalue weighted by Crippen LogP contribution is 2.44. The van der Waals surface area contributed by atoms with Crippen LogP contribution in [0.3, 0.4) is 0 Å². The monoisotopic (exact) mass is 348 g/mol. The number of rotatable bonds is 8. The summed E-state index contributed by atoms with van der Waals surface area (Å²) in [6, 6.07) is 22.0. The van der Waals surface area contributed by atoms with Crippen molar-refractivity contribution in [2.75, 3.05) is 13.6 Å². The van der Waals surface area contributed by atoms with E-state index < -0.39 is 0 Å². The van der Waals surface area contributed by atoms with Crippen LogP contribution in [0.2, 0.25) is 0 Å². The van der Waals surface area contributed by atoms with E-state index in [1.54, 1.807) is 0 Å². The molecule has 0 saturated heterocycles. The molecule has 0 spiro atoms. The Kier molecular flexibility index (Phi) is 6.03. The molecule has 2 heteroatoms. The number of benzene rings is 2. The van der Waals surface area contributed by atoms with Crippen LogP contribution in [-0.2, 0) is 6.42 Å². The van der Waals surface area contributed by atoms with E-state index in [2.05, 4.69) is 104 Å². The summed E-state index contributed by atoms with van der Waals surface area (Å²) < 4.78 is 0. The van der Waals surface area contributed by atoms with Crippen molar-refractivity contribution in [2.45, 2.75) is 51.1 Å². The van der Waals surface area contributed by atoms with Gasteiger partial charge in [-0.2, -0.15) is 0 Å². The van der Waals surface area contributed by atoms with E-state index in [1.165, 1.54) is 24.0 Å². The van der Waals surface area contributed by atoms with Crippen LogP contribution in [-0.4, -0.2) is 29.1 Å². The molecular weight excluding hydrogens is 316 g/mol. The molecule has 138 valence electrons. The first-order valence-electron chi connectivity index (χ1n) is 9.99. The van der Waals surface area contributed by atoms with E-state index in [-0.39, 0.29) is 5.66 Å². The van der Waals surface area contributed by atoms with Gasteiger partial charge in [-0.3, -0.25) is 0 Å². The second-order valence-corrected chi connectivity index (χ2v) is 7.37. The number of nitrogens with zero attached hydrogens (tertiary/aromatic N) is 2. The maximum Gasteiger partial charge on any atom is 0.123 e. The van der Waals surface area contributed by atoms with Crippen LogP contribution in [0.1, 0.15) is 50.2 Å². The summed E-state index contributed by atoms with van der Waals surface area (Å²) >= 11 is 0. The van der Waals surface area contributed by atoms with Crippen molar-refractivity contribution in [1.82, 2.24) is 9.80 Å². The van der Waals surface area contributed by atoms with Gasteiger partial charge >= 0.3 is 0 Å². The van der Waals surface area contributed by atoms with Crippen LogP contribution in [0.25, 0.3) is 0 Å². The second-order valence-electron chi connectivity index (χ2n) is 7.37. The topological polar surface area (TPSA) is 6.48 Å². The maximum atomic E-state index is 2.60. The lowest BCUT2D eigenvalue weighted by Gasteiger charge is -2.50. The minimum absolute atomic E-state index is 0.0490. The average molecular weight is 349 g/mol. The highest BCUT2D eigenvalue weighted by atomic mass is 15.4. The molecule has 0 bridgehead atoms. The predicted molar refractivity (Wildman–Crippen MR) is 111 cm³/mol. The zero-order valence-electron chi connectivity index (χ0n) is 16.4. The first-order chi connectivity index (χ1) is 12.7. The molecule has 1 aliphatic heterocycles. The fourth-order valence-corrected chi connectivity index (χ4v) is 4.44. The molecule has 0 aromatic heterocycles. The summed E-state index contributed by atoms with van der Waals surface area (Å²) in [7, 11) is 2.25. The lowest BCUT2D eigenvalue weighted by Crippen LogP contribution is -2.58. The Morgan fingerprint density at radius 3 is 2.15 bits per heavy atom. The van der Waals surface area contributed by atoms with Gasteiger partial charge in [-0.1, -0.05) is 80.9 Å². The van der Waals surface area contributed by atoms with E-state index in [9.17, 15) is 0 Å². The minimum Gasteiger partial charge on any atom is -0.356 e. The van der Waals surface area contributed by atoms with Crippen molar-refractivity contribution in [3.63, 3.8) is 0 Å². The molecule has 3 rings (SSSR count). The molecule has 1 heterocycles. The van der Waals surface area contributed by atoms with Gasteiger partial charge in [0.15, 0.2) is 0 Å². The summed E-state index contributed by atoms with van der Waals surface area (Å²) in [5.41, 5.74) is 2.79. The molecule has 2 atom stereocenters. The van der Waals surface area contributed by atoms with Crippen molar-refractivity contribution in [1.29, 1.82) is 0 Å². The van der Waals surface area contributed by atoms with Crippen LogP contribution >= 0.6 is 0 Å². The lowest BCUT2D eigenvalue weighted by molar-refractivity contribution is 0.0123. The number of hydrogen-bond acceptors (Lipinski definition) is 2. The molecular formula is C24H32N2. The third-order valence-corrected chi connectivity index (χ3v) is 5.81. The van der Waals surface area contributed by atoms with Crippen molar-refractivity contribution >= 4 is 0 Å². The maximum absolute atomic E-state index is 2.60. The van der Waals surface area contributed by atoms with Crippen molar-refractivity contribution < 1.29 is 0 Å². The van der Waals surface area contributed by atoms with Crippen LogP contribution in [0, 0.1) is 0 Å². The Hall–Kier alpha value is -2.22. The SMILES string of the molecule is CCCCN1C=CN(C)C1(Cc1ccccc1)C(CC)c1ccccc1. The number of hydrogen-bond donors (Lipinski definition) is 0. The summed E-state index contributed by atoms with van der Waals surface area (Å²) in [5.74, 6) is 0.445. The molecule has 0 aliphatic carbocycles. The fraction of sp³-hybridized carbons (Fsp3) is 0.417. The van der Waals surface area contributed by atoms with Gasteiger partial charge in [0.2, 0.25) is 0 Å². The molecule has 0 amide bonds. The molecule has 2 unspecified atom stereocenters. The average Bonchev–Trinajstić information content (AvgIpc) is 2.98. The minimum atomic E-state index is -0.0490. The van der Waals surface area contributed by atoms with Gasteiger partial charge in [0.05, 0.1) is 0 Å². The number of unbranched alkanes of at least 4 members (excludes halogenated alkanes) is 1. The first-order valence-corrected chi connectivity index (χ1v) is 9.99. The van der Waals surface area contributed by atoms with E-state index in [0.717, 1.165) is 19.4 Å². The summed E-state index contributed by atoms with van der Waals surface area (Å²) in [6.45, 7) is 5.71. The largest absolute Gasteiger partial charge is 0.356 e. The second kappa shape index (κ2) is 8.44. The van der Waals surface area contributed by atoms with E-state index >= 15 is 0 Å². The van der Waals surface area contributed by atoms with Gasteiger partial charge in [-0.15, -0.1) is 0 Å². The lowest BCUT2D eigenvalue weighted by atomic mass is 9.78. The highest BCUT2D eigenvalue weighted by molar-refractivity contribution is 5.30. The Bertz CT molecular complexity index is 695. The summed E-state index contributed by atoms with van der Waals surface area (Å²) in [4.78, 5) is 5.06. The van der Waals surface area contributed by atoms with Crippen LogP contribution in [0.5, 0.6) is 0 Å². The van der Waals surface area contributed by atoms with Crippen LogP contribution < -0.4 is 0 Å². The Balaban J connectivity index is 2.05. The molecule has 1 aliphatic rings. The highest BCUT2D eigenvalue weighted by Gasteiger charge is 2.47. The smallest absolute Gasteiger partial charge is 0.123 e. The van der Waals surface area contributed by atoms with E-state index in [1.807, 2.05) is 0 Å². The molecule has 2 aromatic rings. The summed E-state index contributed by atoms with van der Waals surface area (Å²) in [5, 5.41) is 0. The Morgan fingerprint density at radius 1 is 0.885 bits per heavy atom. The van der Waals surface area contributed by atoms with Crippen LogP contribution in [0.4, 0.5) is 0 Å². The third kappa shape index (κ3) is 3.51. The molecule has 2 aromatic carbocycles. The van der Waals surface area contributed by atoms with Gasteiger partial charge < -0.3 is 9.80 Å². The van der Waals surface area contributed by atoms with Crippen molar-refractivity contribution in [3.05, 3.63) is 84.2 Å². The quantitative estimate of drug-likeness (QED) is 0.609. The van der Waals surface area contributed by atoms with Gasteiger partial charge in [-0.05, 0) is 24.0 Å². The Morgan fingerprint density at radius 2 is 1.54 bits per heavy atom. The van der Waals surface area contributed by atoms with Crippen molar-refractivity contribution in [3.8, 4) is 0 Å². The molecule has 0 fully saturated rings. The molecule has 0 N–H and O–H groups in total. The van der Waals surface area contributed by atoms with Gasteiger partial charge in [0.25, 0.3) is 0 Å². The van der Waals surface area contributed by atoms with Crippen LogP contribution in [0.15, 0.2) is 73.1 Å². The molecule has 0 saturated carbocycles.